The highest BCUT2D eigenvalue weighted by Crippen LogP contribution is 2.24. The van der Waals surface area contributed by atoms with E-state index in [0.29, 0.717) is 12.1 Å². The number of rotatable bonds is 6. The number of hydrogen-bond donors (Lipinski definition) is 1. The first-order valence-electron chi connectivity index (χ1n) is 6.21. The predicted molar refractivity (Wildman–Crippen MR) is 68.9 cm³/mol. The molecule has 2 atom stereocenters. The average Bonchev–Trinajstić information content (AvgIpc) is 2.96. The van der Waals surface area contributed by atoms with Crippen LogP contribution >= 0.6 is 11.3 Å². The van der Waals surface area contributed by atoms with Crippen LogP contribution in [0.2, 0.25) is 0 Å². The second-order valence-corrected chi connectivity index (χ2v) is 5.24. The number of ether oxygens (including phenoxy) is 1. The van der Waals surface area contributed by atoms with Gasteiger partial charge in [0.05, 0.1) is 6.10 Å². The molecular weight excluding hydrogens is 218 g/mol. The zero-order valence-electron chi connectivity index (χ0n) is 9.95. The molecule has 0 aliphatic carbocycles. The Hall–Kier alpha value is -0.380. The Bertz CT molecular complexity index is 280. The molecule has 2 nitrogen and oxygen atoms in total. The maximum atomic E-state index is 5.64. The molecule has 2 unspecified atom stereocenters. The van der Waals surface area contributed by atoms with E-state index in [-0.39, 0.29) is 0 Å². The zero-order chi connectivity index (χ0) is 11.2. The summed E-state index contributed by atoms with van der Waals surface area (Å²) in [7, 11) is 2.05. The molecule has 1 aromatic heterocycles. The third-order valence-corrected chi connectivity index (χ3v) is 4.04. The van der Waals surface area contributed by atoms with Gasteiger partial charge in [-0.3, -0.25) is 0 Å². The maximum Gasteiger partial charge on any atom is 0.0576 e. The second kappa shape index (κ2) is 6.38. The number of thiophene rings is 1. The van der Waals surface area contributed by atoms with E-state index in [1.807, 2.05) is 0 Å². The van der Waals surface area contributed by atoms with Crippen molar-refractivity contribution >= 4 is 11.3 Å². The molecule has 1 saturated heterocycles. The third-order valence-electron chi connectivity index (χ3n) is 3.34. The lowest BCUT2D eigenvalue weighted by Gasteiger charge is -2.16. The van der Waals surface area contributed by atoms with Crippen molar-refractivity contribution in [1.29, 1.82) is 0 Å². The molecule has 0 aromatic carbocycles. The van der Waals surface area contributed by atoms with Crippen molar-refractivity contribution in [2.45, 2.75) is 44.2 Å². The largest absolute Gasteiger partial charge is 0.378 e. The van der Waals surface area contributed by atoms with E-state index in [4.69, 9.17) is 4.74 Å². The summed E-state index contributed by atoms with van der Waals surface area (Å²) in [4.78, 5) is 0. The second-order valence-electron chi connectivity index (χ2n) is 4.46. The Morgan fingerprint density at radius 2 is 2.56 bits per heavy atom. The van der Waals surface area contributed by atoms with Gasteiger partial charge in [-0.2, -0.15) is 11.3 Å². The standard InChI is InChI=1S/C13H21NOS/c1-14-13(11-7-9-16-10-11)6-2-4-12-5-3-8-15-12/h7,9-10,12-14H,2-6,8H2,1H3. The molecule has 2 heterocycles. The summed E-state index contributed by atoms with van der Waals surface area (Å²) < 4.78 is 5.64. The zero-order valence-corrected chi connectivity index (χ0v) is 10.8. The summed E-state index contributed by atoms with van der Waals surface area (Å²) in [6.45, 7) is 0.977. The Morgan fingerprint density at radius 1 is 1.62 bits per heavy atom. The summed E-state index contributed by atoms with van der Waals surface area (Å²) in [5, 5.41) is 7.79. The molecule has 3 heteroatoms. The minimum atomic E-state index is 0.521. The fraction of sp³-hybridized carbons (Fsp3) is 0.692. The molecule has 1 aromatic rings. The van der Waals surface area contributed by atoms with E-state index in [9.17, 15) is 0 Å². The van der Waals surface area contributed by atoms with Crippen LogP contribution in [0.1, 0.15) is 43.7 Å². The van der Waals surface area contributed by atoms with E-state index in [1.165, 1.54) is 37.7 Å². The predicted octanol–water partition coefficient (Wildman–Crippen LogP) is 3.36. The van der Waals surface area contributed by atoms with Gasteiger partial charge in [0.1, 0.15) is 0 Å². The molecule has 0 bridgehead atoms. The Balaban J connectivity index is 1.71. The van der Waals surface area contributed by atoms with Gasteiger partial charge < -0.3 is 10.1 Å². The van der Waals surface area contributed by atoms with Crippen LogP contribution in [0.5, 0.6) is 0 Å². The summed E-state index contributed by atoms with van der Waals surface area (Å²) in [6.07, 6.45) is 6.76. The molecule has 0 amide bonds. The van der Waals surface area contributed by atoms with Gasteiger partial charge in [0.2, 0.25) is 0 Å². The van der Waals surface area contributed by atoms with Gasteiger partial charge >= 0.3 is 0 Å². The normalized spacial score (nSPS) is 22.4. The topological polar surface area (TPSA) is 21.3 Å². The average molecular weight is 239 g/mol. The Kier molecular flexibility index (Phi) is 4.82. The van der Waals surface area contributed by atoms with Crippen molar-refractivity contribution in [2.75, 3.05) is 13.7 Å². The summed E-state index contributed by atoms with van der Waals surface area (Å²) in [6, 6.07) is 2.74. The van der Waals surface area contributed by atoms with Crippen molar-refractivity contribution in [2.24, 2.45) is 0 Å². The molecule has 1 aliphatic rings. The van der Waals surface area contributed by atoms with Crippen LogP contribution in [0.25, 0.3) is 0 Å². The van der Waals surface area contributed by atoms with E-state index in [0.717, 1.165) is 6.61 Å². The molecule has 1 N–H and O–H groups in total. The SMILES string of the molecule is CNC(CCCC1CCCO1)c1ccsc1. The highest BCUT2D eigenvalue weighted by molar-refractivity contribution is 7.07. The van der Waals surface area contributed by atoms with Gasteiger partial charge in [0.15, 0.2) is 0 Å². The number of hydrogen-bond acceptors (Lipinski definition) is 3. The van der Waals surface area contributed by atoms with Crippen molar-refractivity contribution in [3.05, 3.63) is 22.4 Å². The van der Waals surface area contributed by atoms with Gasteiger partial charge in [-0.25, -0.2) is 0 Å². The van der Waals surface area contributed by atoms with Crippen LogP contribution in [0.3, 0.4) is 0 Å². The van der Waals surface area contributed by atoms with Crippen molar-refractivity contribution in [3.8, 4) is 0 Å². The van der Waals surface area contributed by atoms with Gasteiger partial charge in [-0.15, -0.1) is 0 Å². The minimum absolute atomic E-state index is 0.521. The first-order valence-corrected chi connectivity index (χ1v) is 7.15. The van der Waals surface area contributed by atoms with Crippen molar-refractivity contribution < 1.29 is 4.74 Å². The molecule has 2 rings (SSSR count). The van der Waals surface area contributed by atoms with E-state index >= 15 is 0 Å². The van der Waals surface area contributed by atoms with Crippen LogP contribution in [0.4, 0.5) is 0 Å². The van der Waals surface area contributed by atoms with Crippen molar-refractivity contribution in [1.82, 2.24) is 5.32 Å². The lowest BCUT2D eigenvalue weighted by atomic mass is 10.0. The maximum absolute atomic E-state index is 5.64. The van der Waals surface area contributed by atoms with E-state index in [1.54, 1.807) is 11.3 Å². The van der Waals surface area contributed by atoms with Gasteiger partial charge in [0.25, 0.3) is 0 Å². The molecule has 90 valence electrons. The van der Waals surface area contributed by atoms with Crippen LogP contribution in [-0.2, 0) is 4.74 Å². The molecule has 0 spiro atoms. The fourth-order valence-electron chi connectivity index (χ4n) is 2.37. The van der Waals surface area contributed by atoms with E-state index < -0.39 is 0 Å². The molecule has 0 saturated carbocycles. The Morgan fingerprint density at radius 3 is 3.19 bits per heavy atom. The smallest absolute Gasteiger partial charge is 0.0576 e. The molecule has 1 fully saturated rings. The third kappa shape index (κ3) is 3.30. The summed E-state index contributed by atoms with van der Waals surface area (Å²) in [5.74, 6) is 0. The van der Waals surface area contributed by atoms with E-state index in [2.05, 4.69) is 29.2 Å². The first kappa shape index (κ1) is 12.1. The minimum Gasteiger partial charge on any atom is -0.378 e. The quantitative estimate of drug-likeness (QED) is 0.822. The lowest BCUT2D eigenvalue weighted by molar-refractivity contribution is 0.101. The molecule has 0 radical (unpaired) electrons. The van der Waals surface area contributed by atoms with Crippen LogP contribution in [0, 0.1) is 0 Å². The monoisotopic (exact) mass is 239 g/mol. The summed E-state index contributed by atoms with van der Waals surface area (Å²) in [5.41, 5.74) is 1.43. The van der Waals surface area contributed by atoms with Gasteiger partial charge in [-0.1, -0.05) is 0 Å². The van der Waals surface area contributed by atoms with Crippen LogP contribution in [0.15, 0.2) is 16.8 Å². The lowest BCUT2D eigenvalue weighted by Crippen LogP contribution is -2.16. The first-order chi connectivity index (χ1) is 7.90. The van der Waals surface area contributed by atoms with Gasteiger partial charge in [-0.05, 0) is 61.5 Å². The molecular formula is C13H21NOS. The number of nitrogens with one attached hydrogen (secondary N) is 1. The van der Waals surface area contributed by atoms with Crippen molar-refractivity contribution in [3.63, 3.8) is 0 Å². The molecule has 16 heavy (non-hydrogen) atoms. The van der Waals surface area contributed by atoms with Crippen LogP contribution < -0.4 is 5.32 Å². The molecule has 1 aliphatic heterocycles. The van der Waals surface area contributed by atoms with Crippen LogP contribution in [-0.4, -0.2) is 19.8 Å². The van der Waals surface area contributed by atoms with Gasteiger partial charge in [0, 0.05) is 12.6 Å². The summed E-state index contributed by atoms with van der Waals surface area (Å²) >= 11 is 1.78. The Labute approximate surface area is 102 Å². The highest BCUT2D eigenvalue weighted by atomic mass is 32.1. The fourth-order valence-corrected chi connectivity index (χ4v) is 3.09. The highest BCUT2D eigenvalue weighted by Gasteiger charge is 2.16.